The van der Waals surface area contributed by atoms with Gasteiger partial charge in [0.05, 0.1) is 64.4 Å². The van der Waals surface area contributed by atoms with Crippen LogP contribution in [0.4, 0.5) is 17.1 Å². The second-order valence-corrected chi connectivity index (χ2v) is 21.5. The van der Waals surface area contributed by atoms with Gasteiger partial charge in [-0.2, -0.15) is 0 Å². The zero-order valence-corrected chi connectivity index (χ0v) is 35.9. The fraction of sp³-hybridized carbons (Fsp3) is 0.404. The van der Waals surface area contributed by atoms with Crippen LogP contribution in [0.5, 0.6) is 17.2 Å². The molecular weight excluding hydrogens is 779 g/mol. The van der Waals surface area contributed by atoms with E-state index in [4.69, 9.17) is 18.9 Å². The van der Waals surface area contributed by atoms with E-state index in [1.165, 1.54) is 7.11 Å². The highest BCUT2D eigenvalue weighted by molar-refractivity contribution is 6.91. The number of benzene rings is 4. The molecule has 13 heteroatoms. The van der Waals surface area contributed by atoms with Crippen LogP contribution in [0.3, 0.4) is 0 Å². The van der Waals surface area contributed by atoms with Crippen molar-refractivity contribution in [2.24, 2.45) is 5.92 Å². The SMILES string of the molecule is COC(=O)CCCCN1C(=O)[C@@]2(O[C@@H](CC(=O)N3CCC[C@H]3CO)[C@H]([Si](C)(C)c3ccc(OC)cc3)[C@H]2C)c2cc(N3C(=O)c4ccccc4Oc4ccccc43)ccc21. The number of aliphatic hydroxyl groups excluding tert-OH is 1. The number of fused-ring (bicyclic) bond motifs is 4. The summed E-state index contributed by atoms with van der Waals surface area (Å²) in [5.74, 6) is 0.344. The molecule has 314 valence electrons. The molecule has 1 spiro atoms. The average molecular weight is 832 g/mol. The summed E-state index contributed by atoms with van der Waals surface area (Å²) in [5.41, 5.74) is 1.04. The lowest BCUT2D eigenvalue weighted by molar-refractivity contribution is -0.150. The van der Waals surface area contributed by atoms with Crippen LogP contribution >= 0.6 is 0 Å². The van der Waals surface area contributed by atoms with Gasteiger partial charge in [0.1, 0.15) is 11.5 Å². The van der Waals surface area contributed by atoms with E-state index in [1.807, 2.05) is 60.7 Å². The number of aliphatic hydroxyl groups is 1. The van der Waals surface area contributed by atoms with Crippen molar-refractivity contribution in [3.63, 3.8) is 0 Å². The van der Waals surface area contributed by atoms with Crippen LogP contribution in [-0.4, -0.2) is 87.8 Å². The van der Waals surface area contributed by atoms with Crippen LogP contribution in [0, 0.1) is 5.92 Å². The molecule has 8 rings (SSSR count). The van der Waals surface area contributed by atoms with Crippen molar-refractivity contribution in [2.75, 3.05) is 43.7 Å². The lowest BCUT2D eigenvalue weighted by Gasteiger charge is -2.37. The number of hydrogen-bond acceptors (Lipinski definition) is 9. The Morgan fingerprint density at radius 2 is 1.65 bits per heavy atom. The Bertz CT molecular complexity index is 2300. The van der Waals surface area contributed by atoms with E-state index in [1.54, 1.807) is 40.0 Å². The quantitative estimate of drug-likeness (QED) is 0.0905. The number of esters is 1. The second kappa shape index (κ2) is 16.5. The van der Waals surface area contributed by atoms with Gasteiger partial charge < -0.3 is 33.9 Å². The standard InChI is InChI=1S/C47H53N3O9Si/c1-30-44(60(4,5)34-22-20-33(56-2)21-23-34)41(28-42(52)48-26-12-13-32(48)29-51)59-47(30)36-27-31(19-24-37(36)49(46(47)55)25-11-10-18-43(53)57-3)50-38-15-7-9-17-40(38)58-39-16-8-6-14-35(39)45(50)54/h6-9,14-17,19-24,27,30,32,41,44,51H,10-13,18,25-26,28-29H2,1-5H3/t30-,32+,41+,44-,47+/m1/s1. The van der Waals surface area contributed by atoms with E-state index in [0.717, 1.165) is 23.8 Å². The molecule has 0 unspecified atom stereocenters. The Hall–Kier alpha value is -5.50. The second-order valence-electron chi connectivity index (χ2n) is 16.8. The molecule has 0 saturated carbocycles. The summed E-state index contributed by atoms with van der Waals surface area (Å²) >= 11 is 0. The normalized spacial score (nSPS) is 23.3. The summed E-state index contributed by atoms with van der Waals surface area (Å²) in [7, 11) is 0.390. The van der Waals surface area contributed by atoms with E-state index < -0.39 is 25.7 Å². The smallest absolute Gasteiger partial charge is 0.305 e. The number of anilines is 3. The van der Waals surface area contributed by atoms with Gasteiger partial charge in [0, 0.05) is 36.7 Å². The largest absolute Gasteiger partial charge is 0.497 e. The number of nitrogens with zero attached hydrogens (tertiary/aromatic N) is 3. The molecule has 1 N–H and O–H groups in total. The first-order valence-electron chi connectivity index (χ1n) is 20.9. The Morgan fingerprint density at radius 1 is 0.917 bits per heavy atom. The molecule has 2 saturated heterocycles. The summed E-state index contributed by atoms with van der Waals surface area (Å²) in [4.78, 5) is 61.7. The van der Waals surface area contributed by atoms with Gasteiger partial charge in [-0.25, -0.2) is 0 Å². The zero-order chi connectivity index (χ0) is 42.3. The first-order chi connectivity index (χ1) is 28.9. The van der Waals surface area contributed by atoms with Crippen LogP contribution in [-0.2, 0) is 29.5 Å². The maximum absolute atomic E-state index is 15.5. The third-order valence-electron chi connectivity index (χ3n) is 13.2. The van der Waals surface area contributed by atoms with E-state index in [2.05, 4.69) is 32.2 Å². The average Bonchev–Trinajstić information content (AvgIpc) is 3.90. The fourth-order valence-electron chi connectivity index (χ4n) is 10.2. The topological polar surface area (TPSA) is 135 Å². The highest BCUT2D eigenvalue weighted by Crippen LogP contribution is 2.61. The van der Waals surface area contributed by atoms with Gasteiger partial charge in [0.2, 0.25) is 5.91 Å². The Balaban J connectivity index is 1.27. The first-order valence-corrected chi connectivity index (χ1v) is 24.0. The molecule has 0 radical (unpaired) electrons. The van der Waals surface area contributed by atoms with Crippen molar-refractivity contribution in [3.8, 4) is 17.2 Å². The van der Waals surface area contributed by atoms with Crippen molar-refractivity contribution < 1.29 is 43.2 Å². The molecular formula is C47H53N3O9Si. The molecule has 60 heavy (non-hydrogen) atoms. The van der Waals surface area contributed by atoms with E-state index in [9.17, 15) is 19.5 Å². The number of rotatable bonds is 12. The molecule has 4 aliphatic rings. The summed E-state index contributed by atoms with van der Waals surface area (Å²) in [5, 5.41) is 11.3. The summed E-state index contributed by atoms with van der Waals surface area (Å²) in [6.07, 6.45) is 2.23. The first kappa shape index (κ1) is 41.2. The highest BCUT2D eigenvalue weighted by atomic mass is 28.3. The molecule has 3 amide bonds. The van der Waals surface area contributed by atoms with Gasteiger partial charge in [0.25, 0.3) is 11.8 Å². The van der Waals surface area contributed by atoms with Crippen molar-refractivity contribution >= 4 is 54.0 Å². The Kier molecular flexibility index (Phi) is 11.3. The fourth-order valence-corrected chi connectivity index (χ4v) is 14.2. The number of unbranched alkanes of at least 4 members (excludes halogenated alkanes) is 1. The minimum Gasteiger partial charge on any atom is -0.497 e. The molecule has 4 heterocycles. The number of para-hydroxylation sites is 3. The minimum absolute atomic E-state index is 0.0490. The number of carbonyl (C=O) groups excluding carboxylic acids is 4. The number of methoxy groups -OCH3 is 2. The van der Waals surface area contributed by atoms with E-state index in [-0.39, 0.29) is 54.7 Å². The summed E-state index contributed by atoms with van der Waals surface area (Å²) in [6.45, 7) is 7.39. The van der Waals surface area contributed by atoms with Crippen molar-refractivity contribution in [1.82, 2.24) is 4.90 Å². The highest BCUT2D eigenvalue weighted by Gasteiger charge is 2.66. The van der Waals surface area contributed by atoms with Gasteiger partial charge >= 0.3 is 5.97 Å². The van der Waals surface area contributed by atoms with Crippen LogP contribution in [0.25, 0.3) is 0 Å². The maximum Gasteiger partial charge on any atom is 0.305 e. The van der Waals surface area contributed by atoms with Gasteiger partial charge in [-0.3, -0.25) is 24.1 Å². The van der Waals surface area contributed by atoms with E-state index >= 15 is 4.79 Å². The molecule has 5 atom stereocenters. The summed E-state index contributed by atoms with van der Waals surface area (Å²) in [6, 6.07) is 28.0. The number of likely N-dealkylation sites (tertiary alicyclic amines) is 1. The van der Waals surface area contributed by atoms with Crippen molar-refractivity contribution in [1.29, 1.82) is 0 Å². The number of amides is 3. The van der Waals surface area contributed by atoms with Crippen LogP contribution < -0.4 is 24.5 Å². The Morgan fingerprint density at radius 3 is 2.38 bits per heavy atom. The van der Waals surface area contributed by atoms with Gasteiger partial charge in [-0.05, 0) is 85.8 Å². The van der Waals surface area contributed by atoms with Gasteiger partial charge in [-0.15, -0.1) is 0 Å². The zero-order valence-electron chi connectivity index (χ0n) is 34.9. The van der Waals surface area contributed by atoms with Crippen LogP contribution in [0.2, 0.25) is 18.6 Å². The molecule has 2 fully saturated rings. The molecule has 4 aliphatic heterocycles. The maximum atomic E-state index is 15.5. The predicted octanol–water partition coefficient (Wildman–Crippen LogP) is 7.06. The van der Waals surface area contributed by atoms with Crippen molar-refractivity contribution in [2.45, 2.75) is 81.8 Å². The monoisotopic (exact) mass is 831 g/mol. The number of ether oxygens (including phenoxy) is 4. The van der Waals surface area contributed by atoms with Gasteiger partial charge in [-0.1, -0.05) is 61.6 Å². The van der Waals surface area contributed by atoms with Crippen molar-refractivity contribution in [3.05, 3.63) is 102 Å². The molecule has 4 aromatic carbocycles. The molecule has 12 nitrogen and oxygen atoms in total. The molecule has 0 aliphatic carbocycles. The summed E-state index contributed by atoms with van der Waals surface area (Å²) < 4.78 is 24.1. The lowest BCUT2D eigenvalue weighted by Crippen LogP contribution is -2.52. The van der Waals surface area contributed by atoms with E-state index in [0.29, 0.717) is 65.6 Å². The Labute approximate surface area is 352 Å². The van der Waals surface area contributed by atoms with Gasteiger partial charge in [0.15, 0.2) is 11.4 Å². The number of hydrogen-bond donors (Lipinski definition) is 1. The molecule has 0 aromatic heterocycles. The predicted molar refractivity (Wildman–Crippen MR) is 230 cm³/mol. The minimum atomic E-state index is -2.61. The molecule has 4 aromatic rings. The van der Waals surface area contributed by atoms with Crippen LogP contribution in [0.1, 0.15) is 61.4 Å². The third-order valence-corrected chi connectivity index (χ3v) is 17.6. The third kappa shape index (κ3) is 6.95. The molecule has 0 bridgehead atoms. The number of carbonyl (C=O) groups is 4. The lowest BCUT2D eigenvalue weighted by atomic mass is 9.82. The van der Waals surface area contributed by atoms with Crippen LogP contribution in [0.15, 0.2) is 91.0 Å².